The molecule has 4 nitrogen and oxygen atoms in total. The number of thioether (sulfide) groups is 1. The third-order valence-electron chi connectivity index (χ3n) is 3.37. The maximum absolute atomic E-state index is 11.5. The van der Waals surface area contributed by atoms with E-state index in [1.165, 1.54) is 10.5 Å². The lowest BCUT2D eigenvalue weighted by Crippen LogP contribution is -2.32. The Morgan fingerprint density at radius 2 is 2.04 bits per heavy atom. The van der Waals surface area contributed by atoms with Gasteiger partial charge in [0, 0.05) is 24.0 Å². The maximum Gasteiger partial charge on any atom is 0.407 e. The fourth-order valence-electron chi connectivity index (χ4n) is 2.39. The lowest BCUT2D eigenvalue weighted by atomic mass is 10.0. The Morgan fingerprint density at radius 1 is 1.30 bits per heavy atom. The molecule has 23 heavy (non-hydrogen) atoms. The van der Waals surface area contributed by atoms with Crippen LogP contribution in [0.15, 0.2) is 41.3 Å². The Morgan fingerprint density at radius 3 is 2.83 bits per heavy atom. The van der Waals surface area contributed by atoms with Crippen molar-refractivity contribution in [1.82, 2.24) is 10.6 Å². The summed E-state index contributed by atoms with van der Waals surface area (Å²) in [6.07, 6.45) is 4.75. The number of carbonyl (C=O) groups excluding carboxylic acids is 1. The number of alkyl carbamates (subject to hydrolysis) is 1. The number of hydrogen-bond donors (Lipinski definition) is 2. The summed E-state index contributed by atoms with van der Waals surface area (Å²) >= 11 is 1.93. The molecule has 2 N–H and O–H groups in total. The summed E-state index contributed by atoms with van der Waals surface area (Å²) in [5.41, 5.74) is 0.936. The molecule has 0 fully saturated rings. The lowest BCUT2D eigenvalue weighted by Gasteiger charge is -2.25. The van der Waals surface area contributed by atoms with Crippen molar-refractivity contribution in [1.29, 1.82) is 0 Å². The summed E-state index contributed by atoms with van der Waals surface area (Å²) in [4.78, 5) is 12.9. The number of nitrogens with one attached hydrogen (secondary N) is 2. The van der Waals surface area contributed by atoms with Crippen molar-refractivity contribution in [2.75, 3.05) is 18.8 Å². The van der Waals surface area contributed by atoms with E-state index < -0.39 is 5.60 Å². The molecule has 0 saturated carbocycles. The van der Waals surface area contributed by atoms with Crippen molar-refractivity contribution in [3.05, 3.63) is 42.0 Å². The lowest BCUT2D eigenvalue weighted by molar-refractivity contribution is 0.0534. The molecule has 0 spiro atoms. The Balaban J connectivity index is 1.69. The van der Waals surface area contributed by atoms with Gasteiger partial charge in [0.05, 0.1) is 0 Å². The molecule has 1 heterocycles. The molecule has 1 aliphatic heterocycles. The van der Waals surface area contributed by atoms with Crippen molar-refractivity contribution in [3.8, 4) is 0 Å². The highest BCUT2D eigenvalue weighted by molar-refractivity contribution is 7.99. The molecular formula is C18H26N2O2S. The molecule has 0 aliphatic carbocycles. The Kier molecular flexibility index (Phi) is 6.54. The van der Waals surface area contributed by atoms with Crippen LogP contribution in [0.25, 0.3) is 0 Å². The van der Waals surface area contributed by atoms with Crippen molar-refractivity contribution in [2.45, 2.75) is 43.7 Å². The molecule has 1 atom stereocenters. The largest absolute Gasteiger partial charge is 0.444 e. The average molecular weight is 334 g/mol. The highest BCUT2D eigenvalue weighted by Gasteiger charge is 2.19. The molecule has 1 unspecified atom stereocenters. The van der Waals surface area contributed by atoms with Crippen LogP contribution in [0, 0.1) is 0 Å². The van der Waals surface area contributed by atoms with Gasteiger partial charge >= 0.3 is 6.09 Å². The second-order valence-corrected chi connectivity index (χ2v) is 7.63. The normalized spacial score (nSPS) is 17.8. The number of benzene rings is 1. The van der Waals surface area contributed by atoms with Gasteiger partial charge in [0.1, 0.15) is 5.60 Å². The van der Waals surface area contributed by atoms with E-state index in [1.807, 2.05) is 44.7 Å². The van der Waals surface area contributed by atoms with Crippen LogP contribution in [-0.2, 0) is 4.74 Å². The first-order valence-electron chi connectivity index (χ1n) is 8.03. The molecule has 0 saturated heterocycles. The minimum Gasteiger partial charge on any atom is -0.444 e. The molecule has 1 aromatic carbocycles. The first kappa shape index (κ1) is 17.9. The van der Waals surface area contributed by atoms with E-state index in [0.29, 0.717) is 12.6 Å². The smallest absolute Gasteiger partial charge is 0.407 e. The zero-order valence-electron chi connectivity index (χ0n) is 14.1. The van der Waals surface area contributed by atoms with Gasteiger partial charge in [-0.1, -0.05) is 30.4 Å². The van der Waals surface area contributed by atoms with Crippen LogP contribution >= 0.6 is 11.8 Å². The Bertz CT molecular complexity index is 552. The number of carbonyl (C=O) groups is 1. The number of amides is 1. The van der Waals surface area contributed by atoms with Gasteiger partial charge in [-0.05, 0) is 44.6 Å². The van der Waals surface area contributed by atoms with Crippen LogP contribution in [0.4, 0.5) is 4.79 Å². The third kappa shape index (κ3) is 6.28. The second kappa shape index (κ2) is 8.41. The minimum absolute atomic E-state index is 0.381. The molecule has 0 aromatic heterocycles. The van der Waals surface area contributed by atoms with Gasteiger partial charge in [-0.3, -0.25) is 0 Å². The molecule has 2 rings (SSSR count). The summed E-state index contributed by atoms with van der Waals surface area (Å²) in [6.45, 7) is 6.83. The van der Waals surface area contributed by atoms with E-state index in [2.05, 4.69) is 34.9 Å². The van der Waals surface area contributed by atoms with Gasteiger partial charge in [0.25, 0.3) is 0 Å². The standard InChI is InChI=1S/C18H26N2O2S/c1-18(2,3)22-17(21)20-12-7-6-11-19-15-10-13-23-16-9-5-4-8-14(15)16/h4-9,15,19H,10-13H2,1-3H3,(H,20,21)/b7-6+. The van der Waals surface area contributed by atoms with Gasteiger partial charge in [-0.2, -0.15) is 0 Å². The van der Waals surface area contributed by atoms with Crippen molar-refractivity contribution >= 4 is 17.9 Å². The second-order valence-electron chi connectivity index (χ2n) is 6.49. The topological polar surface area (TPSA) is 50.4 Å². The summed E-state index contributed by atoms with van der Waals surface area (Å²) in [5.74, 6) is 1.15. The van der Waals surface area contributed by atoms with Crippen LogP contribution in [0.1, 0.15) is 38.8 Å². The highest BCUT2D eigenvalue weighted by atomic mass is 32.2. The Labute approximate surface area is 143 Å². The summed E-state index contributed by atoms with van der Waals surface area (Å²) < 4.78 is 5.18. The van der Waals surface area contributed by atoms with Gasteiger partial charge in [0.2, 0.25) is 0 Å². The predicted molar refractivity (Wildman–Crippen MR) is 95.9 cm³/mol. The van der Waals surface area contributed by atoms with Gasteiger partial charge in [-0.15, -0.1) is 11.8 Å². The van der Waals surface area contributed by atoms with E-state index in [-0.39, 0.29) is 6.09 Å². The average Bonchev–Trinajstić information content (AvgIpc) is 2.49. The van der Waals surface area contributed by atoms with E-state index in [4.69, 9.17) is 4.74 Å². The number of ether oxygens (including phenoxy) is 1. The first-order chi connectivity index (χ1) is 11.0. The molecule has 1 aromatic rings. The SMILES string of the molecule is CC(C)(C)OC(=O)NC/C=C/CNC1CCSc2ccccc21. The minimum atomic E-state index is -0.457. The van der Waals surface area contributed by atoms with Crippen LogP contribution in [0.5, 0.6) is 0 Å². The molecule has 5 heteroatoms. The van der Waals surface area contributed by atoms with E-state index in [1.54, 1.807) is 0 Å². The quantitative estimate of drug-likeness (QED) is 0.802. The van der Waals surface area contributed by atoms with Crippen LogP contribution < -0.4 is 10.6 Å². The van der Waals surface area contributed by atoms with Crippen LogP contribution in [0.2, 0.25) is 0 Å². The van der Waals surface area contributed by atoms with E-state index in [9.17, 15) is 4.79 Å². The molecule has 126 valence electrons. The number of rotatable bonds is 5. The van der Waals surface area contributed by atoms with E-state index >= 15 is 0 Å². The van der Waals surface area contributed by atoms with Gasteiger partial charge in [0.15, 0.2) is 0 Å². The molecule has 1 aliphatic rings. The summed E-state index contributed by atoms with van der Waals surface area (Å²) in [6, 6.07) is 8.99. The van der Waals surface area contributed by atoms with E-state index in [0.717, 1.165) is 18.7 Å². The molecule has 1 amide bonds. The zero-order chi connectivity index (χ0) is 16.7. The zero-order valence-corrected chi connectivity index (χ0v) is 14.9. The summed E-state index contributed by atoms with van der Waals surface area (Å²) in [5, 5.41) is 6.27. The van der Waals surface area contributed by atoms with Crippen molar-refractivity contribution < 1.29 is 9.53 Å². The highest BCUT2D eigenvalue weighted by Crippen LogP contribution is 2.35. The number of fused-ring (bicyclic) bond motifs is 1. The predicted octanol–water partition coefficient (Wildman–Crippen LogP) is 3.89. The van der Waals surface area contributed by atoms with Crippen molar-refractivity contribution in [3.63, 3.8) is 0 Å². The molecule has 0 radical (unpaired) electrons. The third-order valence-corrected chi connectivity index (χ3v) is 4.49. The fourth-order valence-corrected chi connectivity index (χ4v) is 3.51. The van der Waals surface area contributed by atoms with Crippen LogP contribution in [0.3, 0.4) is 0 Å². The Hall–Kier alpha value is -1.46. The molecule has 0 bridgehead atoms. The van der Waals surface area contributed by atoms with Gasteiger partial charge in [-0.25, -0.2) is 4.79 Å². The number of hydrogen-bond acceptors (Lipinski definition) is 4. The fraction of sp³-hybridized carbons (Fsp3) is 0.500. The van der Waals surface area contributed by atoms with Crippen LogP contribution in [-0.4, -0.2) is 30.5 Å². The maximum atomic E-state index is 11.5. The monoisotopic (exact) mass is 334 g/mol. The summed E-state index contributed by atoms with van der Waals surface area (Å²) in [7, 11) is 0. The van der Waals surface area contributed by atoms with Crippen molar-refractivity contribution in [2.24, 2.45) is 0 Å². The van der Waals surface area contributed by atoms with Gasteiger partial charge < -0.3 is 15.4 Å². The molecular weight excluding hydrogens is 308 g/mol. The first-order valence-corrected chi connectivity index (χ1v) is 9.01.